The largest absolute Gasteiger partial charge is 0.405 e. The molecule has 0 aliphatic carbocycles. The molecule has 0 aliphatic heterocycles. The normalized spacial score (nSPS) is 11.7. The Kier molecular flexibility index (Phi) is 6.58. The number of hydrogen-bond donors (Lipinski definition) is 1. The maximum absolute atomic E-state index is 12.3. The molecule has 20 heavy (non-hydrogen) atoms. The number of halogens is 4. The first-order chi connectivity index (χ1) is 9.33. The van der Waals surface area contributed by atoms with Crippen molar-refractivity contribution in [3.63, 3.8) is 0 Å². The van der Waals surface area contributed by atoms with Crippen molar-refractivity contribution >= 4 is 17.3 Å². The molecule has 0 radical (unpaired) electrons. The van der Waals surface area contributed by atoms with Gasteiger partial charge < -0.3 is 15.0 Å². The zero-order valence-corrected chi connectivity index (χ0v) is 12.2. The van der Waals surface area contributed by atoms with Gasteiger partial charge >= 0.3 is 6.18 Å². The first-order valence-corrected chi connectivity index (χ1v) is 6.47. The molecule has 0 atom stereocenters. The summed E-state index contributed by atoms with van der Waals surface area (Å²) < 4.78 is 41.9. The minimum atomic E-state index is -4.25. The van der Waals surface area contributed by atoms with Crippen LogP contribution >= 0.6 is 11.6 Å². The standard InChI is InChI=1S/C13H18ClF3N2O/c1-19(9-13(15,16)17)12-4-3-10(7-11(12)14)8-18-5-6-20-2/h3-4,7,18H,5-6,8-9H2,1-2H3. The molecule has 3 nitrogen and oxygen atoms in total. The summed E-state index contributed by atoms with van der Waals surface area (Å²) in [6.45, 7) is 0.856. The molecule has 0 saturated carbocycles. The lowest BCUT2D eigenvalue weighted by Gasteiger charge is -2.22. The minimum absolute atomic E-state index is 0.308. The lowest BCUT2D eigenvalue weighted by molar-refractivity contribution is -0.119. The van der Waals surface area contributed by atoms with Crippen molar-refractivity contribution in [2.45, 2.75) is 12.7 Å². The van der Waals surface area contributed by atoms with Gasteiger partial charge in [-0.15, -0.1) is 0 Å². The number of hydrogen-bond acceptors (Lipinski definition) is 3. The molecule has 0 aromatic heterocycles. The van der Waals surface area contributed by atoms with Gasteiger partial charge in [0.05, 0.1) is 17.3 Å². The van der Waals surface area contributed by atoms with Crippen LogP contribution in [0.2, 0.25) is 5.02 Å². The number of nitrogens with zero attached hydrogens (tertiary/aromatic N) is 1. The summed E-state index contributed by atoms with van der Waals surface area (Å²) in [5.74, 6) is 0. The van der Waals surface area contributed by atoms with Crippen LogP contribution in [0.3, 0.4) is 0 Å². The summed E-state index contributed by atoms with van der Waals surface area (Å²) in [5.41, 5.74) is 1.28. The van der Waals surface area contributed by atoms with Crippen molar-refractivity contribution < 1.29 is 17.9 Å². The Hall–Kier alpha value is -0.980. The van der Waals surface area contributed by atoms with Gasteiger partial charge in [-0.05, 0) is 17.7 Å². The zero-order valence-electron chi connectivity index (χ0n) is 11.4. The highest BCUT2D eigenvalue weighted by atomic mass is 35.5. The van der Waals surface area contributed by atoms with Gasteiger partial charge in [0.2, 0.25) is 0 Å². The van der Waals surface area contributed by atoms with Crippen LogP contribution in [0.4, 0.5) is 18.9 Å². The van der Waals surface area contributed by atoms with E-state index in [4.69, 9.17) is 16.3 Å². The van der Waals surface area contributed by atoms with Gasteiger partial charge in [0.1, 0.15) is 6.54 Å². The Bertz CT molecular complexity index is 427. The predicted molar refractivity (Wildman–Crippen MR) is 74.4 cm³/mol. The van der Waals surface area contributed by atoms with Gasteiger partial charge in [-0.25, -0.2) is 0 Å². The average molecular weight is 311 g/mol. The van der Waals surface area contributed by atoms with Gasteiger partial charge in [-0.1, -0.05) is 17.7 Å². The molecule has 1 rings (SSSR count). The Balaban J connectivity index is 2.63. The lowest BCUT2D eigenvalue weighted by atomic mass is 10.2. The lowest BCUT2D eigenvalue weighted by Crippen LogP contribution is -2.31. The topological polar surface area (TPSA) is 24.5 Å². The Morgan fingerprint density at radius 3 is 2.60 bits per heavy atom. The average Bonchev–Trinajstić information content (AvgIpc) is 2.32. The maximum atomic E-state index is 12.3. The van der Waals surface area contributed by atoms with Gasteiger partial charge in [0, 0.05) is 27.2 Å². The quantitative estimate of drug-likeness (QED) is 0.783. The van der Waals surface area contributed by atoms with E-state index in [1.807, 2.05) is 0 Å². The summed E-state index contributed by atoms with van der Waals surface area (Å²) in [7, 11) is 2.98. The number of methoxy groups -OCH3 is 1. The third-order valence-corrected chi connectivity index (χ3v) is 2.95. The fourth-order valence-corrected chi connectivity index (χ4v) is 2.08. The van der Waals surface area contributed by atoms with E-state index in [0.717, 1.165) is 10.5 Å². The number of nitrogens with one attached hydrogen (secondary N) is 1. The number of ether oxygens (including phenoxy) is 1. The van der Waals surface area contributed by atoms with Crippen LogP contribution in [0.1, 0.15) is 5.56 Å². The van der Waals surface area contributed by atoms with Crippen LogP contribution in [0.5, 0.6) is 0 Å². The summed E-state index contributed by atoms with van der Waals surface area (Å²) in [6, 6.07) is 5.03. The molecule has 0 fully saturated rings. The van der Waals surface area contributed by atoms with Gasteiger partial charge in [0.15, 0.2) is 0 Å². The highest BCUT2D eigenvalue weighted by molar-refractivity contribution is 6.33. The zero-order chi connectivity index (χ0) is 15.2. The highest BCUT2D eigenvalue weighted by Gasteiger charge is 2.29. The van der Waals surface area contributed by atoms with E-state index in [1.165, 1.54) is 7.05 Å². The van der Waals surface area contributed by atoms with Crippen LogP contribution in [-0.2, 0) is 11.3 Å². The molecule has 1 aromatic rings. The first kappa shape index (κ1) is 17.1. The van der Waals surface area contributed by atoms with Crippen molar-refractivity contribution in [1.29, 1.82) is 0 Å². The van der Waals surface area contributed by atoms with Crippen LogP contribution < -0.4 is 10.2 Å². The van der Waals surface area contributed by atoms with Gasteiger partial charge in [-0.3, -0.25) is 0 Å². The maximum Gasteiger partial charge on any atom is 0.405 e. The number of anilines is 1. The second-order valence-corrected chi connectivity index (χ2v) is 4.83. The molecule has 0 amide bonds. The Morgan fingerprint density at radius 2 is 2.05 bits per heavy atom. The molecule has 0 unspecified atom stereocenters. The minimum Gasteiger partial charge on any atom is -0.383 e. The molecule has 0 spiro atoms. The molecule has 7 heteroatoms. The van der Waals surface area contributed by atoms with Crippen LogP contribution in [0.25, 0.3) is 0 Å². The fourth-order valence-electron chi connectivity index (χ4n) is 1.73. The molecular weight excluding hydrogens is 293 g/mol. The number of benzene rings is 1. The SMILES string of the molecule is COCCNCc1ccc(N(C)CC(F)(F)F)c(Cl)c1. The van der Waals surface area contributed by atoms with Crippen molar-refractivity contribution in [3.05, 3.63) is 28.8 Å². The van der Waals surface area contributed by atoms with Crippen molar-refractivity contribution in [2.24, 2.45) is 0 Å². The summed E-state index contributed by atoms with van der Waals surface area (Å²) in [5, 5.41) is 3.45. The van der Waals surface area contributed by atoms with E-state index in [9.17, 15) is 13.2 Å². The molecule has 114 valence electrons. The first-order valence-electron chi connectivity index (χ1n) is 6.09. The molecule has 0 saturated heterocycles. The second-order valence-electron chi connectivity index (χ2n) is 4.43. The summed E-state index contributed by atoms with van der Waals surface area (Å²) in [4.78, 5) is 1.09. The summed E-state index contributed by atoms with van der Waals surface area (Å²) >= 11 is 6.03. The third-order valence-electron chi connectivity index (χ3n) is 2.65. The van der Waals surface area contributed by atoms with Gasteiger partial charge in [0.25, 0.3) is 0 Å². The van der Waals surface area contributed by atoms with Crippen LogP contribution in [-0.4, -0.2) is 40.0 Å². The molecule has 1 aromatic carbocycles. The van der Waals surface area contributed by atoms with Crippen LogP contribution in [0, 0.1) is 0 Å². The van der Waals surface area contributed by atoms with E-state index in [1.54, 1.807) is 25.3 Å². The molecule has 1 N–H and O–H groups in total. The molecule has 0 bridgehead atoms. The van der Waals surface area contributed by atoms with E-state index >= 15 is 0 Å². The third kappa shape index (κ3) is 5.98. The number of alkyl halides is 3. The number of rotatable bonds is 7. The van der Waals surface area contributed by atoms with Crippen LogP contribution in [0.15, 0.2) is 18.2 Å². The Morgan fingerprint density at radius 1 is 1.35 bits per heavy atom. The van der Waals surface area contributed by atoms with Gasteiger partial charge in [-0.2, -0.15) is 13.2 Å². The summed E-state index contributed by atoms with van der Waals surface area (Å²) in [6.07, 6.45) is -4.25. The molecule has 0 aliphatic rings. The monoisotopic (exact) mass is 310 g/mol. The fraction of sp³-hybridized carbons (Fsp3) is 0.538. The molecular formula is C13H18ClF3N2O. The van der Waals surface area contributed by atoms with E-state index in [-0.39, 0.29) is 0 Å². The predicted octanol–water partition coefficient (Wildman–Crippen LogP) is 3.07. The van der Waals surface area contributed by atoms with Crippen molar-refractivity contribution in [2.75, 3.05) is 38.8 Å². The highest BCUT2D eigenvalue weighted by Crippen LogP contribution is 2.28. The van der Waals surface area contributed by atoms with E-state index in [0.29, 0.717) is 30.4 Å². The Labute approximate surface area is 121 Å². The second kappa shape index (κ2) is 7.71. The molecule has 0 heterocycles. The smallest absolute Gasteiger partial charge is 0.383 e. The van der Waals surface area contributed by atoms with Crippen molar-refractivity contribution in [3.8, 4) is 0 Å². The van der Waals surface area contributed by atoms with E-state index in [2.05, 4.69) is 5.32 Å². The van der Waals surface area contributed by atoms with Crippen molar-refractivity contribution in [1.82, 2.24) is 5.32 Å². The van der Waals surface area contributed by atoms with E-state index < -0.39 is 12.7 Å².